The molecule has 3 aromatic rings. The number of ketones is 1. The van der Waals surface area contributed by atoms with E-state index in [1.807, 2.05) is 45.0 Å². The Hall–Kier alpha value is -3.93. The predicted octanol–water partition coefficient (Wildman–Crippen LogP) is 6.02. The first-order valence-electron chi connectivity index (χ1n) is 11.9. The molecule has 1 aliphatic rings. The summed E-state index contributed by atoms with van der Waals surface area (Å²) in [6.07, 6.45) is 0.384. The zero-order valence-electron chi connectivity index (χ0n) is 20.5. The molecule has 0 aliphatic carbocycles. The number of anilines is 2. The van der Waals surface area contributed by atoms with Crippen molar-refractivity contribution in [1.82, 2.24) is 0 Å². The number of benzene rings is 3. The van der Waals surface area contributed by atoms with Crippen LogP contribution in [0.2, 0.25) is 0 Å². The third-order valence-electron chi connectivity index (χ3n) is 6.85. The average molecular weight is 471 g/mol. The molecule has 1 unspecified atom stereocenters. The van der Waals surface area contributed by atoms with Gasteiger partial charge in [-0.15, -0.1) is 0 Å². The van der Waals surface area contributed by atoms with Crippen LogP contribution in [0.3, 0.4) is 0 Å². The maximum absolute atomic E-state index is 14.0. The maximum Gasteiger partial charge on any atom is 0.412 e. The molecule has 180 valence electrons. The van der Waals surface area contributed by atoms with E-state index in [0.29, 0.717) is 34.5 Å². The molecule has 0 radical (unpaired) electrons. The Labute approximate surface area is 205 Å². The van der Waals surface area contributed by atoms with Gasteiger partial charge in [-0.3, -0.25) is 14.5 Å². The minimum atomic E-state index is -1.04. The second kappa shape index (κ2) is 9.74. The molecule has 0 aromatic heterocycles. The molecule has 4 rings (SSSR count). The van der Waals surface area contributed by atoms with Crippen molar-refractivity contribution >= 4 is 29.2 Å². The number of hydrogen-bond donors (Lipinski definition) is 1. The lowest BCUT2D eigenvalue weighted by Crippen LogP contribution is -2.53. The van der Waals surface area contributed by atoms with E-state index >= 15 is 0 Å². The second-order valence-corrected chi connectivity index (χ2v) is 8.98. The third-order valence-corrected chi connectivity index (χ3v) is 6.85. The molecule has 1 atom stereocenters. The van der Waals surface area contributed by atoms with Crippen molar-refractivity contribution in [1.29, 1.82) is 0 Å². The first-order valence-corrected chi connectivity index (χ1v) is 11.9. The van der Waals surface area contributed by atoms with Gasteiger partial charge in [-0.1, -0.05) is 56.3 Å². The number of carbonyl (C=O) groups is 3. The van der Waals surface area contributed by atoms with Gasteiger partial charge in [-0.2, -0.15) is 0 Å². The molecule has 35 heavy (non-hydrogen) atoms. The standard InChI is InChI=1S/C29H30N2O4/c1-5-20-11-13-21(14-12-20)27(32)23-9-7-8-10-24(23)28(33)30-17-22(6-2)31(29(34)35)26-16-19(4)18(3)15-25(26)30/h7-16,22H,5-6,17H2,1-4H3,(H,34,35). The van der Waals surface area contributed by atoms with Gasteiger partial charge in [0.25, 0.3) is 5.91 Å². The quantitative estimate of drug-likeness (QED) is 0.463. The number of nitrogens with zero attached hydrogens (tertiary/aromatic N) is 2. The van der Waals surface area contributed by atoms with E-state index in [1.54, 1.807) is 41.3 Å². The van der Waals surface area contributed by atoms with Crippen molar-refractivity contribution in [3.63, 3.8) is 0 Å². The summed E-state index contributed by atoms with van der Waals surface area (Å²) in [6, 6.07) is 17.6. The fraction of sp³-hybridized carbons (Fsp3) is 0.276. The fourth-order valence-electron chi connectivity index (χ4n) is 4.61. The van der Waals surface area contributed by atoms with Crippen molar-refractivity contribution < 1.29 is 19.5 Å². The summed E-state index contributed by atoms with van der Waals surface area (Å²) >= 11 is 0. The Morgan fingerprint density at radius 2 is 1.49 bits per heavy atom. The number of aryl methyl sites for hydroxylation is 3. The molecule has 0 bridgehead atoms. The van der Waals surface area contributed by atoms with Crippen molar-refractivity contribution in [2.24, 2.45) is 0 Å². The normalized spacial score (nSPS) is 15.0. The molecule has 6 nitrogen and oxygen atoms in total. The van der Waals surface area contributed by atoms with Gasteiger partial charge in [0.05, 0.1) is 23.0 Å². The highest BCUT2D eigenvalue weighted by Crippen LogP contribution is 2.39. The Morgan fingerprint density at radius 3 is 2.06 bits per heavy atom. The van der Waals surface area contributed by atoms with Crippen LogP contribution in [0.1, 0.15) is 63.2 Å². The lowest BCUT2D eigenvalue weighted by atomic mass is 9.95. The summed E-state index contributed by atoms with van der Waals surface area (Å²) < 4.78 is 0. The van der Waals surface area contributed by atoms with Crippen LogP contribution in [-0.2, 0) is 6.42 Å². The largest absolute Gasteiger partial charge is 0.465 e. The smallest absolute Gasteiger partial charge is 0.412 e. The van der Waals surface area contributed by atoms with Crippen molar-refractivity contribution in [3.05, 3.63) is 94.0 Å². The number of amides is 2. The monoisotopic (exact) mass is 470 g/mol. The van der Waals surface area contributed by atoms with Crippen LogP contribution in [0.15, 0.2) is 60.7 Å². The van der Waals surface area contributed by atoms with Crippen LogP contribution >= 0.6 is 0 Å². The van der Waals surface area contributed by atoms with Gasteiger partial charge >= 0.3 is 6.09 Å². The third kappa shape index (κ3) is 4.44. The van der Waals surface area contributed by atoms with Crippen LogP contribution in [0.5, 0.6) is 0 Å². The van der Waals surface area contributed by atoms with Crippen molar-refractivity contribution in [2.75, 3.05) is 16.3 Å². The highest BCUT2D eigenvalue weighted by molar-refractivity contribution is 6.19. The molecule has 1 aliphatic heterocycles. The van der Waals surface area contributed by atoms with Gasteiger partial charge in [-0.25, -0.2) is 4.79 Å². The van der Waals surface area contributed by atoms with E-state index in [9.17, 15) is 19.5 Å². The Bertz CT molecular complexity index is 1300. The van der Waals surface area contributed by atoms with E-state index in [1.165, 1.54) is 4.90 Å². The van der Waals surface area contributed by atoms with Crippen LogP contribution in [-0.4, -0.2) is 35.5 Å². The summed E-state index contributed by atoms with van der Waals surface area (Å²) in [5.41, 5.74) is 5.24. The number of carboxylic acid groups (broad SMARTS) is 1. The number of carbonyl (C=O) groups excluding carboxylic acids is 2. The van der Waals surface area contributed by atoms with E-state index in [4.69, 9.17) is 0 Å². The van der Waals surface area contributed by atoms with Gasteiger partial charge in [-0.05, 0) is 61.6 Å². The lowest BCUT2D eigenvalue weighted by molar-refractivity contribution is 0.0967. The summed E-state index contributed by atoms with van der Waals surface area (Å²) in [5.74, 6) is -0.528. The number of hydrogen-bond acceptors (Lipinski definition) is 3. The maximum atomic E-state index is 14.0. The number of rotatable bonds is 5. The average Bonchev–Trinajstić information content (AvgIpc) is 2.87. The second-order valence-electron chi connectivity index (χ2n) is 8.98. The topological polar surface area (TPSA) is 77.9 Å². The van der Waals surface area contributed by atoms with Crippen LogP contribution in [0.25, 0.3) is 0 Å². The Balaban J connectivity index is 1.80. The van der Waals surface area contributed by atoms with E-state index in [0.717, 1.165) is 23.1 Å². The minimum Gasteiger partial charge on any atom is -0.465 e. The van der Waals surface area contributed by atoms with E-state index in [2.05, 4.69) is 6.92 Å². The SMILES string of the molecule is CCc1ccc(C(=O)c2ccccc2C(=O)N2CC(CC)N(C(=O)O)c3cc(C)c(C)cc32)cc1. The predicted molar refractivity (Wildman–Crippen MR) is 138 cm³/mol. The van der Waals surface area contributed by atoms with Crippen LogP contribution < -0.4 is 9.80 Å². The molecule has 1 N–H and O–H groups in total. The highest BCUT2D eigenvalue weighted by Gasteiger charge is 2.37. The van der Waals surface area contributed by atoms with Gasteiger partial charge in [0.1, 0.15) is 0 Å². The van der Waals surface area contributed by atoms with Gasteiger partial charge in [0.2, 0.25) is 0 Å². The van der Waals surface area contributed by atoms with Crippen LogP contribution in [0, 0.1) is 13.8 Å². The fourth-order valence-corrected chi connectivity index (χ4v) is 4.61. The molecule has 0 saturated carbocycles. The first kappa shape index (κ1) is 24.2. The Kier molecular flexibility index (Phi) is 6.74. The molecule has 0 fully saturated rings. The summed E-state index contributed by atoms with van der Waals surface area (Å²) in [6.45, 7) is 8.04. The van der Waals surface area contributed by atoms with Gasteiger partial charge in [0, 0.05) is 17.7 Å². The van der Waals surface area contributed by atoms with Gasteiger partial charge < -0.3 is 10.0 Å². The van der Waals surface area contributed by atoms with Crippen molar-refractivity contribution in [3.8, 4) is 0 Å². The molecular formula is C29H30N2O4. The Morgan fingerprint density at radius 1 is 0.886 bits per heavy atom. The highest BCUT2D eigenvalue weighted by atomic mass is 16.4. The zero-order valence-corrected chi connectivity index (χ0v) is 20.5. The molecule has 6 heteroatoms. The summed E-state index contributed by atoms with van der Waals surface area (Å²) in [7, 11) is 0. The molecule has 0 saturated heterocycles. The molecule has 1 heterocycles. The zero-order chi connectivity index (χ0) is 25.3. The molecule has 2 amide bonds. The van der Waals surface area contributed by atoms with E-state index in [-0.39, 0.29) is 18.2 Å². The van der Waals surface area contributed by atoms with Crippen molar-refractivity contribution in [2.45, 2.75) is 46.6 Å². The lowest BCUT2D eigenvalue weighted by Gasteiger charge is -2.41. The first-order chi connectivity index (χ1) is 16.8. The van der Waals surface area contributed by atoms with E-state index < -0.39 is 12.1 Å². The molecule has 0 spiro atoms. The summed E-state index contributed by atoms with van der Waals surface area (Å²) in [5, 5.41) is 9.95. The number of fused-ring (bicyclic) bond motifs is 1. The minimum absolute atomic E-state index is 0.213. The molecule has 3 aromatic carbocycles. The van der Waals surface area contributed by atoms with Gasteiger partial charge in [0.15, 0.2) is 5.78 Å². The van der Waals surface area contributed by atoms with Crippen LogP contribution in [0.4, 0.5) is 16.2 Å². The summed E-state index contributed by atoms with van der Waals surface area (Å²) in [4.78, 5) is 42.5. The molecular weight excluding hydrogens is 440 g/mol.